The molecule has 0 radical (unpaired) electrons. The molecule has 3 rings (SSSR count). The number of rotatable bonds is 2. The normalized spacial score (nSPS) is 46.3. The van der Waals surface area contributed by atoms with Crippen LogP contribution in [0.2, 0.25) is 0 Å². The van der Waals surface area contributed by atoms with Gasteiger partial charge in [0.25, 0.3) is 0 Å². The summed E-state index contributed by atoms with van der Waals surface area (Å²) in [7, 11) is 0. The van der Waals surface area contributed by atoms with Crippen LogP contribution >= 0.6 is 0 Å². The first-order valence-corrected chi connectivity index (χ1v) is 7.41. The van der Waals surface area contributed by atoms with E-state index in [1.54, 1.807) is 6.92 Å². The zero-order valence-corrected chi connectivity index (χ0v) is 11.7. The van der Waals surface area contributed by atoms with Crippen molar-refractivity contribution in [3.63, 3.8) is 0 Å². The molecule has 0 spiro atoms. The Bertz CT molecular complexity index is 398. The predicted octanol–water partition coefficient (Wildman–Crippen LogP) is 3.71. The fraction of sp³-hybridized carbons (Fsp3) is 0.812. The maximum Gasteiger partial charge on any atom is 0.303 e. The Morgan fingerprint density at radius 2 is 2.00 bits per heavy atom. The third-order valence-corrected chi connectivity index (χ3v) is 5.89. The second-order valence-corrected chi connectivity index (χ2v) is 6.52. The quantitative estimate of drug-likeness (QED) is 0.550. The third kappa shape index (κ3) is 1.50. The molecular weight excluding hydrogens is 224 g/mol. The zero-order chi connectivity index (χ0) is 12.9. The minimum absolute atomic E-state index is 0.113. The summed E-state index contributed by atoms with van der Waals surface area (Å²) >= 11 is 0. The van der Waals surface area contributed by atoms with Gasteiger partial charge in [0.2, 0.25) is 0 Å². The molecule has 0 saturated heterocycles. The highest BCUT2D eigenvalue weighted by Gasteiger charge is 2.63. The highest BCUT2D eigenvalue weighted by atomic mass is 16.6. The number of allylic oxidation sites excluding steroid dienone is 1. The average Bonchev–Trinajstić information content (AvgIpc) is 2.96. The first-order chi connectivity index (χ1) is 8.58. The molecule has 3 saturated carbocycles. The molecule has 2 heteroatoms. The lowest BCUT2D eigenvalue weighted by Gasteiger charge is -2.43. The number of ether oxygens (including phenoxy) is 1. The van der Waals surface area contributed by atoms with E-state index in [0.717, 1.165) is 24.2 Å². The van der Waals surface area contributed by atoms with Gasteiger partial charge in [-0.05, 0) is 62.9 Å². The number of carbonyl (C=O) groups is 1. The summed E-state index contributed by atoms with van der Waals surface area (Å²) in [5, 5.41) is 0. The maximum atomic E-state index is 11.5. The van der Waals surface area contributed by atoms with E-state index in [2.05, 4.69) is 19.9 Å². The minimum Gasteiger partial charge on any atom is -0.454 e. The van der Waals surface area contributed by atoms with Crippen LogP contribution in [0.5, 0.6) is 0 Å². The van der Waals surface area contributed by atoms with E-state index in [-0.39, 0.29) is 11.6 Å². The van der Waals surface area contributed by atoms with Crippen molar-refractivity contribution in [2.24, 2.45) is 23.7 Å². The highest BCUT2D eigenvalue weighted by molar-refractivity contribution is 5.67. The van der Waals surface area contributed by atoms with Gasteiger partial charge in [0.15, 0.2) is 0 Å². The van der Waals surface area contributed by atoms with Gasteiger partial charge in [-0.2, -0.15) is 0 Å². The molecule has 0 amide bonds. The highest BCUT2D eigenvalue weighted by Crippen LogP contribution is 2.65. The maximum absolute atomic E-state index is 11.5. The van der Waals surface area contributed by atoms with Crippen molar-refractivity contribution in [1.82, 2.24) is 0 Å². The van der Waals surface area contributed by atoms with Crippen molar-refractivity contribution < 1.29 is 9.53 Å². The van der Waals surface area contributed by atoms with E-state index in [9.17, 15) is 4.79 Å². The van der Waals surface area contributed by atoms with Crippen LogP contribution in [-0.4, -0.2) is 11.6 Å². The van der Waals surface area contributed by atoms with E-state index >= 15 is 0 Å². The molecule has 0 aliphatic heterocycles. The Balaban J connectivity index is 1.95. The van der Waals surface area contributed by atoms with Gasteiger partial charge in [-0.15, -0.1) is 0 Å². The van der Waals surface area contributed by atoms with Gasteiger partial charge in [0.1, 0.15) is 5.60 Å². The Morgan fingerprint density at radius 3 is 2.67 bits per heavy atom. The van der Waals surface area contributed by atoms with E-state index < -0.39 is 0 Å². The van der Waals surface area contributed by atoms with Gasteiger partial charge in [0, 0.05) is 12.8 Å². The second kappa shape index (κ2) is 4.11. The number of hydrogen-bond donors (Lipinski definition) is 0. The smallest absolute Gasteiger partial charge is 0.303 e. The van der Waals surface area contributed by atoms with Gasteiger partial charge in [-0.25, -0.2) is 0 Å². The molecule has 0 heterocycles. The first kappa shape index (κ1) is 12.3. The monoisotopic (exact) mass is 248 g/mol. The van der Waals surface area contributed by atoms with Gasteiger partial charge >= 0.3 is 5.97 Å². The molecule has 2 bridgehead atoms. The summed E-state index contributed by atoms with van der Waals surface area (Å²) in [4.78, 5) is 11.5. The third-order valence-electron chi connectivity index (χ3n) is 5.89. The summed E-state index contributed by atoms with van der Waals surface area (Å²) in [5.74, 6) is 3.03. The van der Waals surface area contributed by atoms with Crippen LogP contribution in [0.15, 0.2) is 11.6 Å². The summed E-state index contributed by atoms with van der Waals surface area (Å²) in [6.07, 6.45) is 8.66. The van der Waals surface area contributed by atoms with E-state index in [1.165, 1.54) is 31.3 Å². The lowest BCUT2D eigenvalue weighted by Crippen LogP contribution is -2.45. The van der Waals surface area contributed by atoms with Crippen LogP contribution < -0.4 is 0 Å². The first-order valence-electron chi connectivity index (χ1n) is 7.41. The topological polar surface area (TPSA) is 26.3 Å². The zero-order valence-electron chi connectivity index (χ0n) is 11.7. The fourth-order valence-corrected chi connectivity index (χ4v) is 5.24. The lowest BCUT2D eigenvalue weighted by molar-refractivity contribution is -0.161. The Hall–Kier alpha value is -0.790. The van der Waals surface area contributed by atoms with Crippen LogP contribution in [0, 0.1) is 23.7 Å². The molecule has 3 aliphatic rings. The molecule has 100 valence electrons. The molecular formula is C16H24O2. The molecule has 0 aromatic rings. The standard InChI is InChI=1S/C16H24O2/c1-4-10(2)16(18-11(3)17)9-12-8-15(16)14-7-5-6-13(12)14/h4,12-15H,5-9H2,1-3H3/b10-4+. The predicted molar refractivity (Wildman–Crippen MR) is 71.0 cm³/mol. The van der Waals surface area contributed by atoms with Gasteiger partial charge < -0.3 is 4.74 Å². The number of esters is 1. The van der Waals surface area contributed by atoms with E-state index in [0.29, 0.717) is 5.92 Å². The molecule has 5 atom stereocenters. The molecule has 2 nitrogen and oxygen atoms in total. The molecule has 0 aromatic carbocycles. The summed E-state index contributed by atoms with van der Waals surface area (Å²) < 4.78 is 5.89. The summed E-state index contributed by atoms with van der Waals surface area (Å²) in [5.41, 5.74) is 1.02. The Labute approximate surface area is 110 Å². The fourth-order valence-electron chi connectivity index (χ4n) is 5.24. The van der Waals surface area contributed by atoms with E-state index in [4.69, 9.17) is 4.74 Å². The Kier molecular flexibility index (Phi) is 2.80. The van der Waals surface area contributed by atoms with Crippen molar-refractivity contribution in [2.45, 2.75) is 58.5 Å². The van der Waals surface area contributed by atoms with Crippen LogP contribution in [0.1, 0.15) is 52.9 Å². The van der Waals surface area contributed by atoms with Crippen LogP contribution in [0.3, 0.4) is 0 Å². The lowest BCUT2D eigenvalue weighted by atomic mass is 9.70. The average molecular weight is 248 g/mol. The van der Waals surface area contributed by atoms with Crippen LogP contribution in [0.4, 0.5) is 0 Å². The minimum atomic E-state index is -0.253. The number of carbonyl (C=O) groups excluding carboxylic acids is 1. The van der Waals surface area contributed by atoms with Crippen molar-refractivity contribution in [3.8, 4) is 0 Å². The largest absolute Gasteiger partial charge is 0.454 e. The van der Waals surface area contributed by atoms with E-state index in [1.807, 2.05) is 0 Å². The molecule has 18 heavy (non-hydrogen) atoms. The molecule has 3 aliphatic carbocycles. The van der Waals surface area contributed by atoms with Crippen molar-refractivity contribution in [3.05, 3.63) is 11.6 Å². The summed E-state index contributed by atoms with van der Waals surface area (Å²) in [6.45, 7) is 5.77. The second-order valence-electron chi connectivity index (χ2n) is 6.52. The Morgan fingerprint density at radius 1 is 1.28 bits per heavy atom. The van der Waals surface area contributed by atoms with Gasteiger partial charge in [-0.1, -0.05) is 12.5 Å². The van der Waals surface area contributed by atoms with Crippen LogP contribution in [-0.2, 0) is 9.53 Å². The van der Waals surface area contributed by atoms with Crippen molar-refractivity contribution in [1.29, 1.82) is 0 Å². The van der Waals surface area contributed by atoms with Crippen molar-refractivity contribution >= 4 is 5.97 Å². The van der Waals surface area contributed by atoms with Gasteiger partial charge in [-0.3, -0.25) is 4.79 Å². The SMILES string of the molecule is C/C=C(\C)C1(OC(C)=O)CC2CC1C1CCCC21. The molecule has 0 N–H and O–H groups in total. The van der Waals surface area contributed by atoms with Crippen LogP contribution in [0.25, 0.3) is 0 Å². The molecule has 5 unspecified atom stereocenters. The molecule has 0 aromatic heterocycles. The molecule has 3 fully saturated rings. The summed E-state index contributed by atoms with van der Waals surface area (Å²) in [6, 6.07) is 0. The number of hydrogen-bond acceptors (Lipinski definition) is 2. The van der Waals surface area contributed by atoms with Crippen molar-refractivity contribution in [2.75, 3.05) is 0 Å². The number of fused-ring (bicyclic) bond motifs is 5. The van der Waals surface area contributed by atoms with Gasteiger partial charge in [0.05, 0.1) is 0 Å².